The number of benzene rings is 2. The molecule has 0 saturated heterocycles. The quantitative estimate of drug-likeness (QED) is 0.878. The van der Waals surface area contributed by atoms with E-state index in [1.165, 1.54) is 0 Å². The first kappa shape index (κ1) is 14.8. The standard InChI is InChI=1S/C18H17NO2/c1-19(16-11-3-2-4-12-16)18(21)17-13-6-5-9-15(17)10-7-8-14-20/h2-6,9,11-13,20H,8,14H2,1H3. The molecule has 0 spiro atoms. The number of hydrogen-bond donors (Lipinski definition) is 1. The van der Waals surface area contributed by atoms with Gasteiger partial charge in [0, 0.05) is 24.7 Å². The van der Waals surface area contributed by atoms with Crippen molar-refractivity contribution >= 4 is 11.6 Å². The fourth-order valence-corrected chi connectivity index (χ4v) is 1.94. The Morgan fingerprint density at radius 1 is 1.10 bits per heavy atom. The van der Waals surface area contributed by atoms with E-state index in [9.17, 15) is 4.79 Å². The van der Waals surface area contributed by atoms with Crippen LogP contribution in [0.5, 0.6) is 0 Å². The molecule has 0 aliphatic carbocycles. The zero-order valence-electron chi connectivity index (χ0n) is 11.9. The lowest BCUT2D eigenvalue weighted by Gasteiger charge is -2.18. The first-order chi connectivity index (χ1) is 10.2. The molecule has 1 N–H and O–H groups in total. The predicted octanol–water partition coefficient (Wildman–Crippen LogP) is 2.70. The molecule has 1 amide bonds. The van der Waals surface area contributed by atoms with E-state index in [-0.39, 0.29) is 12.5 Å². The topological polar surface area (TPSA) is 40.5 Å². The second-order valence-corrected chi connectivity index (χ2v) is 4.52. The predicted molar refractivity (Wildman–Crippen MR) is 84.2 cm³/mol. The SMILES string of the molecule is CN(C(=O)c1ccccc1C#CCCO)c1ccccc1. The Bertz CT molecular complexity index is 668. The summed E-state index contributed by atoms with van der Waals surface area (Å²) in [5, 5.41) is 8.78. The Kier molecular flexibility index (Phi) is 5.14. The fraction of sp³-hybridized carbons (Fsp3) is 0.167. The first-order valence-electron chi connectivity index (χ1n) is 6.76. The van der Waals surface area contributed by atoms with Crippen LogP contribution in [0.4, 0.5) is 5.69 Å². The number of amides is 1. The van der Waals surface area contributed by atoms with Gasteiger partial charge in [-0.15, -0.1) is 0 Å². The molecule has 2 aromatic rings. The fourth-order valence-electron chi connectivity index (χ4n) is 1.94. The highest BCUT2D eigenvalue weighted by Crippen LogP contribution is 2.17. The van der Waals surface area contributed by atoms with Crippen LogP contribution in [-0.4, -0.2) is 24.7 Å². The average molecular weight is 279 g/mol. The van der Waals surface area contributed by atoms with Gasteiger partial charge in [0.2, 0.25) is 0 Å². The van der Waals surface area contributed by atoms with Crippen molar-refractivity contribution in [2.45, 2.75) is 6.42 Å². The maximum absolute atomic E-state index is 12.6. The first-order valence-corrected chi connectivity index (χ1v) is 6.76. The highest BCUT2D eigenvalue weighted by molar-refractivity contribution is 6.07. The molecule has 3 heteroatoms. The number of carbonyl (C=O) groups excluding carboxylic acids is 1. The summed E-state index contributed by atoms with van der Waals surface area (Å²) < 4.78 is 0. The number of aliphatic hydroxyl groups is 1. The second-order valence-electron chi connectivity index (χ2n) is 4.52. The van der Waals surface area contributed by atoms with Crippen molar-refractivity contribution in [3.8, 4) is 11.8 Å². The molecule has 0 heterocycles. The minimum atomic E-state index is -0.102. The lowest BCUT2D eigenvalue weighted by atomic mass is 10.1. The zero-order chi connectivity index (χ0) is 15.1. The van der Waals surface area contributed by atoms with E-state index in [1.807, 2.05) is 48.5 Å². The summed E-state index contributed by atoms with van der Waals surface area (Å²) in [6.07, 6.45) is 0.400. The smallest absolute Gasteiger partial charge is 0.259 e. The molecule has 2 rings (SSSR count). The van der Waals surface area contributed by atoms with Crippen LogP contribution in [0.25, 0.3) is 0 Å². The van der Waals surface area contributed by atoms with Crippen LogP contribution in [0.2, 0.25) is 0 Å². The van der Waals surface area contributed by atoms with Gasteiger partial charge >= 0.3 is 0 Å². The van der Waals surface area contributed by atoms with Crippen molar-refractivity contribution < 1.29 is 9.90 Å². The van der Waals surface area contributed by atoms with E-state index in [4.69, 9.17) is 5.11 Å². The lowest BCUT2D eigenvalue weighted by molar-refractivity contribution is 0.0993. The minimum Gasteiger partial charge on any atom is -0.395 e. The lowest BCUT2D eigenvalue weighted by Crippen LogP contribution is -2.26. The molecular weight excluding hydrogens is 262 g/mol. The van der Waals surface area contributed by atoms with Crippen molar-refractivity contribution in [1.29, 1.82) is 0 Å². The van der Waals surface area contributed by atoms with Gasteiger partial charge in [0.15, 0.2) is 0 Å². The molecule has 21 heavy (non-hydrogen) atoms. The van der Waals surface area contributed by atoms with Crippen molar-refractivity contribution in [3.05, 3.63) is 65.7 Å². The van der Waals surface area contributed by atoms with Gasteiger partial charge in [-0.25, -0.2) is 0 Å². The number of hydrogen-bond acceptors (Lipinski definition) is 2. The molecule has 0 aliphatic rings. The van der Waals surface area contributed by atoms with Gasteiger partial charge in [0.25, 0.3) is 5.91 Å². The monoisotopic (exact) mass is 279 g/mol. The summed E-state index contributed by atoms with van der Waals surface area (Å²) in [6.45, 7) is 0.0209. The number of aliphatic hydroxyl groups excluding tert-OH is 1. The van der Waals surface area contributed by atoms with Crippen molar-refractivity contribution in [2.75, 3.05) is 18.6 Å². The van der Waals surface area contributed by atoms with Crippen LogP contribution in [-0.2, 0) is 0 Å². The molecule has 0 fully saturated rings. The van der Waals surface area contributed by atoms with Crippen LogP contribution >= 0.6 is 0 Å². The van der Waals surface area contributed by atoms with Gasteiger partial charge in [-0.3, -0.25) is 4.79 Å². The normalized spacial score (nSPS) is 9.62. The molecule has 2 aromatic carbocycles. The van der Waals surface area contributed by atoms with Crippen LogP contribution < -0.4 is 4.90 Å². The highest BCUT2D eigenvalue weighted by atomic mass is 16.2. The maximum Gasteiger partial charge on any atom is 0.259 e. The van der Waals surface area contributed by atoms with E-state index < -0.39 is 0 Å². The molecule has 3 nitrogen and oxygen atoms in total. The van der Waals surface area contributed by atoms with Crippen LogP contribution in [0.3, 0.4) is 0 Å². The van der Waals surface area contributed by atoms with E-state index in [2.05, 4.69) is 11.8 Å². The Morgan fingerprint density at radius 2 is 1.76 bits per heavy atom. The van der Waals surface area contributed by atoms with Crippen molar-refractivity contribution in [1.82, 2.24) is 0 Å². The third-order valence-corrected chi connectivity index (χ3v) is 3.07. The molecule has 106 valence electrons. The molecule has 0 unspecified atom stereocenters. The number of carbonyl (C=O) groups is 1. The maximum atomic E-state index is 12.6. The van der Waals surface area contributed by atoms with Gasteiger partial charge < -0.3 is 10.0 Å². The molecule has 0 bridgehead atoms. The number of anilines is 1. The van der Waals surface area contributed by atoms with Crippen LogP contribution in [0.1, 0.15) is 22.3 Å². The Morgan fingerprint density at radius 3 is 2.48 bits per heavy atom. The molecule has 0 radical (unpaired) electrons. The van der Waals surface area contributed by atoms with Crippen molar-refractivity contribution in [3.63, 3.8) is 0 Å². The van der Waals surface area contributed by atoms with Gasteiger partial charge in [-0.2, -0.15) is 0 Å². The van der Waals surface area contributed by atoms with E-state index in [1.54, 1.807) is 18.0 Å². The Balaban J connectivity index is 2.30. The molecular formula is C18H17NO2. The molecule has 0 aromatic heterocycles. The van der Waals surface area contributed by atoms with Crippen LogP contribution in [0.15, 0.2) is 54.6 Å². The average Bonchev–Trinajstić information content (AvgIpc) is 2.55. The highest BCUT2D eigenvalue weighted by Gasteiger charge is 2.15. The summed E-state index contributed by atoms with van der Waals surface area (Å²) in [5.41, 5.74) is 2.08. The minimum absolute atomic E-state index is 0.0209. The number of rotatable bonds is 3. The van der Waals surface area contributed by atoms with Crippen molar-refractivity contribution in [2.24, 2.45) is 0 Å². The third-order valence-electron chi connectivity index (χ3n) is 3.07. The van der Waals surface area contributed by atoms with Gasteiger partial charge in [-0.1, -0.05) is 42.2 Å². The van der Waals surface area contributed by atoms with E-state index in [0.717, 1.165) is 5.69 Å². The Labute approximate surface area is 124 Å². The zero-order valence-corrected chi connectivity index (χ0v) is 11.9. The molecule has 0 aliphatic heterocycles. The summed E-state index contributed by atoms with van der Waals surface area (Å²) in [5.74, 6) is 5.70. The van der Waals surface area contributed by atoms with E-state index >= 15 is 0 Å². The van der Waals surface area contributed by atoms with Crippen LogP contribution in [0, 0.1) is 11.8 Å². The van der Waals surface area contributed by atoms with E-state index in [0.29, 0.717) is 17.5 Å². The number of para-hydroxylation sites is 1. The largest absolute Gasteiger partial charge is 0.395 e. The summed E-state index contributed by atoms with van der Waals surface area (Å²) in [7, 11) is 1.75. The summed E-state index contributed by atoms with van der Waals surface area (Å²) in [4.78, 5) is 14.2. The number of nitrogens with zero attached hydrogens (tertiary/aromatic N) is 1. The molecule has 0 saturated carbocycles. The Hall–Kier alpha value is -2.57. The van der Waals surface area contributed by atoms with Gasteiger partial charge in [0.05, 0.1) is 12.2 Å². The third kappa shape index (κ3) is 3.71. The molecule has 0 atom stereocenters. The summed E-state index contributed by atoms with van der Waals surface area (Å²) in [6, 6.07) is 16.7. The second kappa shape index (κ2) is 7.28. The van der Waals surface area contributed by atoms with Gasteiger partial charge in [-0.05, 0) is 24.3 Å². The summed E-state index contributed by atoms with van der Waals surface area (Å²) >= 11 is 0. The van der Waals surface area contributed by atoms with Gasteiger partial charge in [0.1, 0.15) is 0 Å².